The number of thioether (sulfide) groups is 1. The van der Waals surface area contributed by atoms with Crippen LogP contribution in [0, 0.1) is 11.6 Å². The van der Waals surface area contributed by atoms with Gasteiger partial charge in [-0.2, -0.15) is 0 Å². The molecular weight excluding hydrogens is 316 g/mol. The first-order chi connectivity index (χ1) is 9.95. The second-order valence-electron chi connectivity index (χ2n) is 4.51. The zero-order valence-corrected chi connectivity index (χ0v) is 13.0. The number of nitrogens with one attached hydrogen (secondary N) is 1. The fourth-order valence-electron chi connectivity index (χ4n) is 1.41. The molecule has 1 aromatic carbocycles. The van der Waals surface area contributed by atoms with E-state index in [0.29, 0.717) is 5.13 Å². The molecule has 0 bridgehead atoms. The van der Waals surface area contributed by atoms with Crippen molar-refractivity contribution in [3.8, 4) is 0 Å². The average Bonchev–Trinajstić information content (AvgIpc) is 2.86. The average molecular weight is 329 g/mol. The van der Waals surface area contributed by atoms with Crippen molar-refractivity contribution in [2.75, 3.05) is 11.1 Å². The third-order valence-electron chi connectivity index (χ3n) is 2.43. The van der Waals surface area contributed by atoms with Crippen LogP contribution in [0.5, 0.6) is 0 Å². The van der Waals surface area contributed by atoms with Crippen LogP contribution in [0.15, 0.2) is 23.1 Å². The van der Waals surface area contributed by atoms with E-state index < -0.39 is 11.6 Å². The van der Waals surface area contributed by atoms with Gasteiger partial charge in [0, 0.05) is 16.9 Å². The van der Waals surface area contributed by atoms with Crippen molar-refractivity contribution in [2.45, 2.75) is 24.7 Å². The van der Waals surface area contributed by atoms with Gasteiger partial charge in [-0.1, -0.05) is 25.2 Å². The summed E-state index contributed by atoms with van der Waals surface area (Å²) in [7, 11) is 0. The summed E-state index contributed by atoms with van der Waals surface area (Å²) in [5, 5.41) is 11.7. The summed E-state index contributed by atoms with van der Waals surface area (Å²) < 4.78 is 26.2. The van der Waals surface area contributed by atoms with Gasteiger partial charge in [0.2, 0.25) is 11.0 Å². The fourth-order valence-corrected chi connectivity index (χ4v) is 2.89. The van der Waals surface area contributed by atoms with Crippen LogP contribution in [0.2, 0.25) is 0 Å². The van der Waals surface area contributed by atoms with E-state index in [2.05, 4.69) is 15.5 Å². The highest BCUT2D eigenvalue weighted by molar-refractivity contribution is 8.00. The number of benzene rings is 1. The van der Waals surface area contributed by atoms with Crippen LogP contribution in [0.25, 0.3) is 0 Å². The standard InChI is InChI=1S/C13H13F2N3OS2/c1-7(2)12-17-18-13(21-12)16-11(19)6-20-10-4-3-8(14)5-9(10)15/h3-5,7H,6H2,1-2H3,(H,16,18,19). The predicted octanol–water partition coefficient (Wildman–Crippen LogP) is 3.67. The smallest absolute Gasteiger partial charge is 0.236 e. The molecular formula is C13H13F2N3OS2. The maximum Gasteiger partial charge on any atom is 0.236 e. The Morgan fingerprint density at radius 3 is 2.76 bits per heavy atom. The number of amides is 1. The number of carbonyl (C=O) groups excluding carboxylic acids is 1. The SMILES string of the molecule is CC(C)c1nnc(NC(=O)CSc2ccc(F)cc2F)s1. The van der Waals surface area contributed by atoms with E-state index in [1.165, 1.54) is 17.4 Å². The van der Waals surface area contributed by atoms with Crippen molar-refractivity contribution >= 4 is 34.1 Å². The second kappa shape index (κ2) is 6.95. The minimum Gasteiger partial charge on any atom is -0.300 e. The Morgan fingerprint density at radius 1 is 1.38 bits per heavy atom. The molecule has 4 nitrogen and oxygen atoms in total. The predicted molar refractivity (Wildman–Crippen MR) is 79.7 cm³/mol. The molecule has 0 spiro atoms. The zero-order valence-electron chi connectivity index (χ0n) is 11.4. The van der Waals surface area contributed by atoms with Gasteiger partial charge < -0.3 is 0 Å². The van der Waals surface area contributed by atoms with Crippen LogP contribution in [-0.2, 0) is 4.79 Å². The molecule has 1 aromatic heterocycles. The normalized spacial score (nSPS) is 10.9. The summed E-state index contributed by atoms with van der Waals surface area (Å²) in [4.78, 5) is 12.0. The second-order valence-corrected chi connectivity index (χ2v) is 6.54. The van der Waals surface area contributed by atoms with E-state index in [4.69, 9.17) is 0 Å². The molecule has 8 heteroatoms. The molecule has 0 aliphatic heterocycles. The lowest BCUT2D eigenvalue weighted by molar-refractivity contribution is -0.113. The van der Waals surface area contributed by atoms with E-state index in [0.717, 1.165) is 28.9 Å². The summed E-state index contributed by atoms with van der Waals surface area (Å²) in [6, 6.07) is 3.26. The maximum atomic E-state index is 13.4. The number of nitrogens with zero attached hydrogens (tertiary/aromatic N) is 2. The number of hydrogen-bond donors (Lipinski definition) is 1. The molecule has 1 N–H and O–H groups in total. The molecule has 0 aliphatic carbocycles. The van der Waals surface area contributed by atoms with Gasteiger partial charge in [-0.05, 0) is 12.1 Å². The molecule has 0 saturated carbocycles. The van der Waals surface area contributed by atoms with E-state index in [9.17, 15) is 13.6 Å². The zero-order chi connectivity index (χ0) is 15.4. The van der Waals surface area contributed by atoms with Gasteiger partial charge in [0.15, 0.2) is 0 Å². The van der Waals surface area contributed by atoms with Gasteiger partial charge in [-0.15, -0.1) is 22.0 Å². The molecule has 1 heterocycles. The van der Waals surface area contributed by atoms with Gasteiger partial charge in [0.05, 0.1) is 5.75 Å². The number of rotatable bonds is 5. The third-order valence-corrected chi connectivity index (χ3v) is 4.62. The number of aromatic nitrogens is 2. The summed E-state index contributed by atoms with van der Waals surface area (Å²) >= 11 is 2.31. The Labute approximate surface area is 129 Å². The highest BCUT2D eigenvalue weighted by atomic mass is 32.2. The minimum atomic E-state index is -0.675. The molecule has 0 saturated heterocycles. The van der Waals surface area contributed by atoms with Crippen molar-refractivity contribution in [3.05, 3.63) is 34.8 Å². The van der Waals surface area contributed by atoms with Crippen LogP contribution in [0.4, 0.5) is 13.9 Å². The molecule has 2 rings (SSSR count). The Balaban J connectivity index is 1.89. The third kappa shape index (κ3) is 4.47. The van der Waals surface area contributed by atoms with Gasteiger partial charge in [0.25, 0.3) is 0 Å². The quantitative estimate of drug-likeness (QED) is 0.851. The van der Waals surface area contributed by atoms with Crippen LogP contribution in [0.3, 0.4) is 0 Å². The lowest BCUT2D eigenvalue weighted by Gasteiger charge is -2.03. The molecule has 2 aromatic rings. The number of halogens is 2. The number of hydrogen-bond acceptors (Lipinski definition) is 5. The summed E-state index contributed by atoms with van der Waals surface area (Å²) in [5.74, 6) is -1.37. The molecule has 112 valence electrons. The van der Waals surface area contributed by atoms with E-state index >= 15 is 0 Å². The van der Waals surface area contributed by atoms with Crippen LogP contribution in [-0.4, -0.2) is 21.9 Å². The topological polar surface area (TPSA) is 54.9 Å². The monoisotopic (exact) mass is 329 g/mol. The van der Waals surface area contributed by atoms with Crippen LogP contribution >= 0.6 is 23.1 Å². The first kappa shape index (κ1) is 15.8. The van der Waals surface area contributed by atoms with Gasteiger partial charge in [0.1, 0.15) is 16.6 Å². The van der Waals surface area contributed by atoms with Crippen LogP contribution in [0.1, 0.15) is 24.8 Å². The summed E-state index contributed by atoms with van der Waals surface area (Å²) in [5.41, 5.74) is 0. The van der Waals surface area contributed by atoms with Crippen LogP contribution < -0.4 is 5.32 Å². The summed E-state index contributed by atoms with van der Waals surface area (Å²) in [6.45, 7) is 3.97. The Kier molecular flexibility index (Phi) is 5.24. The van der Waals surface area contributed by atoms with Gasteiger partial charge >= 0.3 is 0 Å². The Morgan fingerprint density at radius 2 is 2.14 bits per heavy atom. The molecule has 0 radical (unpaired) electrons. The highest BCUT2D eigenvalue weighted by Crippen LogP contribution is 2.24. The lowest BCUT2D eigenvalue weighted by atomic mass is 10.2. The van der Waals surface area contributed by atoms with Crippen molar-refractivity contribution in [1.82, 2.24) is 10.2 Å². The molecule has 0 unspecified atom stereocenters. The molecule has 0 atom stereocenters. The summed E-state index contributed by atoms with van der Waals surface area (Å²) in [6.07, 6.45) is 0. The van der Waals surface area contributed by atoms with Crippen molar-refractivity contribution < 1.29 is 13.6 Å². The van der Waals surface area contributed by atoms with E-state index in [-0.39, 0.29) is 22.5 Å². The van der Waals surface area contributed by atoms with E-state index in [1.807, 2.05) is 13.8 Å². The fraction of sp³-hybridized carbons (Fsp3) is 0.308. The molecule has 21 heavy (non-hydrogen) atoms. The largest absolute Gasteiger partial charge is 0.300 e. The Bertz CT molecular complexity index is 646. The first-order valence-corrected chi connectivity index (χ1v) is 7.97. The Hall–Kier alpha value is -1.54. The molecule has 1 amide bonds. The van der Waals surface area contributed by atoms with E-state index in [1.54, 1.807) is 0 Å². The minimum absolute atomic E-state index is 0.0130. The maximum absolute atomic E-state index is 13.4. The molecule has 0 fully saturated rings. The van der Waals surface area contributed by atoms with Gasteiger partial charge in [-0.3, -0.25) is 10.1 Å². The van der Waals surface area contributed by atoms with Crippen molar-refractivity contribution in [2.24, 2.45) is 0 Å². The van der Waals surface area contributed by atoms with Crippen molar-refractivity contribution in [1.29, 1.82) is 0 Å². The van der Waals surface area contributed by atoms with Crippen molar-refractivity contribution in [3.63, 3.8) is 0 Å². The number of carbonyl (C=O) groups is 1. The highest BCUT2D eigenvalue weighted by Gasteiger charge is 2.12. The van der Waals surface area contributed by atoms with Gasteiger partial charge in [-0.25, -0.2) is 8.78 Å². The number of anilines is 1. The lowest BCUT2D eigenvalue weighted by Crippen LogP contribution is -2.13. The first-order valence-electron chi connectivity index (χ1n) is 6.17. The molecule has 0 aliphatic rings.